The van der Waals surface area contributed by atoms with E-state index in [1.807, 2.05) is 12.1 Å². The minimum absolute atomic E-state index is 0.0730. The number of Topliss-reactive ketones (excluding diaryl/α,β-unsaturated/α-hetero) is 2. The van der Waals surface area contributed by atoms with Gasteiger partial charge in [0.05, 0.1) is 25.1 Å². The highest BCUT2D eigenvalue weighted by molar-refractivity contribution is 6.03. The predicted octanol–water partition coefficient (Wildman–Crippen LogP) is 2.09. The van der Waals surface area contributed by atoms with Gasteiger partial charge in [0, 0.05) is 30.6 Å². The van der Waals surface area contributed by atoms with Crippen molar-refractivity contribution in [3.8, 4) is 17.1 Å². The Morgan fingerprint density at radius 1 is 1.14 bits per heavy atom. The molecule has 1 fully saturated rings. The standard InChI is InChI=1S/C27H34N2O7/c28-26(35)12-23(33)21(14-31)16(7-8-30)9-15-10-20-19(4-5-22(32)27(20)24(34)11-15)25-6-3-18(36-25)13-29-17-1-2-17/h3-6,15-17,21,29-32H,1-2,7-14H2,(H2,28,35). The van der Waals surface area contributed by atoms with Crippen molar-refractivity contribution >= 4 is 17.5 Å². The number of fused-ring (bicyclic) bond motifs is 1. The molecule has 0 radical (unpaired) electrons. The number of benzene rings is 1. The number of aliphatic hydroxyl groups is 2. The lowest BCUT2D eigenvalue weighted by Crippen LogP contribution is -2.33. The number of carbonyl (C=O) groups is 3. The lowest BCUT2D eigenvalue weighted by atomic mass is 9.73. The van der Waals surface area contributed by atoms with E-state index in [9.17, 15) is 29.7 Å². The largest absolute Gasteiger partial charge is 0.507 e. The first-order valence-corrected chi connectivity index (χ1v) is 12.5. The van der Waals surface area contributed by atoms with Crippen molar-refractivity contribution in [2.24, 2.45) is 23.5 Å². The van der Waals surface area contributed by atoms with Crippen LogP contribution in [0, 0.1) is 17.8 Å². The number of rotatable bonds is 13. The fraction of sp³-hybridized carbons (Fsp3) is 0.519. The molecule has 3 unspecified atom stereocenters. The third-order valence-corrected chi connectivity index (χ3v) is 7.27. The zero-order valence-electron chi connectivity index (χ0n) is 20.2. The molecular weight excluding hydrogens is 464 g/mol. The molecule has 1 aromatic heterocycles. The van der Waals surface area contributed by atoms with E-state index in [1.165, 1.54) is 18.9 Å². The number of ketones is 2. The van der Waals surface area contributed by atoms with Gasteiger partial charge in [-0.25, -0.2) is 0 Å². The van der Waals surface area contributed by atoms with Crippen LogP contribution in [0.15, 0.2) is 28.7 Å². The van der Waals surface area contributed by atoms with Crippen LogP contribution in [0.3, 0.4) is 0 Å². The SMILES string of the molecule is NC(=O)CC(=O)C(CO)C(CCO)CC1CC(=O)c2c(O)ccc(-c3ccc(CNC4CC4)o3)c2C1. The molecular formula is C27H34N2O7. The number of phenolic OH excluding ortho intramolecular Hbond substituents is 1. The number of phenols is 1. The number of nitrogens with one attached hydrogen (secondary N) is 1. The molecule has 0 saturated heterocycles. The van der Waals surface area contributed by atoms with Gasteiger partial charge in [-0.15, -0.1) is 0 Å². The smallest absolute Gasteiger partial charge is 0.224 e. The number of amides is 1. The second-order valence-corrected chi connectivity index (χ2v) is 10.0. The van der Waals surface area contributed by atoms with Gasteiger partial charge in [-0.05, 0) is 73.8 Å². The number of carbonyl (C=O) groups excluding carboxylic acids is 3. The van der Waals surface area contributed by atoms with Crippen LogP contribution in [0.5, 0.6) is 5.75 Å². The van der Waals surface area contributed by atoms with Gasteiger partial charge in [0.1, 0.15) is 23.1 Å². The molecule has 9 nitrogen and oxygen atoms in total. The van der Waals surface area contributed by atoms with Crippen LogP contribution in [-0.4, -0.2) is 52.0 Å². The molecule has 1 aromatic carbocycles. The number of hydrogen-bond donors (Lipinski definition) is 5. The van der Waals surface area contributed by atoms with E-state index >= 15 is 0 Å². The molecule has 36 heavy (non-hydrogen) atoms. The molecule has 9 heteroatoms. The highest BCUT2D eigenvalue weighted by Gasteiger charge is 2.35. The number of hydrogen-bond acceptors (Lipinski definition) is 8. The second kappa shape index (κ2) is 11.4. The molecule has 4 rings (SSSR count). The van der Waals surface area contributed by atoms with E-state index in [0.717, 1.165) is 11.3 Å². The van der Waals surface area contributed by atoms with Gasteiger partial charge in [0.15, 0.2) is 5.78 Å². The average molecular weight is 499 g/mol. The van der Waals surface area contributed by atoms with Crippen LogP contribution >= 0.6 is 0 Å². The first kappa shape index (κ1) is 26.1. The lowest BCUT2D eigenvalue weighted by molar-refractivity contribution is -0.131. The van der Waals surface area contributed by atoms with Gasteiger partial charge in [-0.1, -0.05) is 0 Å². The second-order valence-electron chi connectivity index (χ2n) is 10.0. The summed E-state index contributed by atoms with van der Waals surface area (Å²) in [6.07, 6.45) is 3.14. The monoisotopic (exact) mass is 498 g/mol. The van der Waals surface area contributed by atoms with Gasteiger partial charge >= 0.3 is 0 Å². The number of furan rings is 1. The van der Waals surface area contributed by atoms with Crippen LogP contribution < -0.4 is 11.1 Å². The van der Waals surface area contributed by atoms with E-state index in [2.05, 4.69) is 5.32 Å². The summed E-state index contributed by atoms with van der Waals surface area (Å²) in [5.74, 6) is -1.55. The predicted molar refractivity (Wildman–Crippen MR) is 131 cm³/mol. The minimum atomic E-state index is -0.851. The summed E-state index contributed by atoms with van der Waals surface area (Å²) in [4.78, 5) is 36.9. The minimum Gasteiger partial charge on any atom is -0.507 e. The van der Waals surface area contributed by atoms with Crippen LogP contribution in [0.4, 0.5) is 0 Å². The van der Waals surface area contributed by atoms with Crippen molar-refractivity contribution < 1.29 is 34.1 Å². The van der Waals surface area contributed by atoms with Crippen molar-refractivity contribution in [1.82, 2.24) is 5.32 Å². The Hall–Kier alpha value is -3.01. The zero-order chi connectivity index (χ0) is 25.8. The summed E-state index contributed by atoms with van der Waals surface area (Å²) in [6.45, 7) is -0.0419. The summed E-state index contributed by atoms with van der Waals surface area (Å²) in [5, 5.41) is 33.4. The fourth-order valence-corrected chi connectivity index (χ4v) is 5.33. The normalized spacial score (nSPS) is 19.1. The van der Waals surface area contributed by atoms with Crippen molar-refractivity contribution in [2.45, 2.75) is 57.5 Å². The quantitative estimate of drug-likeness (QED) is 0.262. The molecule has 0 bridgehead atoms. The Balaban J connectivity index is 1.57. The van der Waals surface area contributed by atoms with Gasteiger partial charge < -0.3 is 30.8 Å². The van der Waals surface area contributed by atoms with E-state index < -0.39 is 36.6 Å². The molecule has 2 aromatic rings. The lowest BCUT2D eigenvalue weighted by Gasteiger charge is -2.31. The molecule has 3 atom stereocenters. The first-order valence-electron chi connectivity index (χ1n) is 12.5. The summed E-state index contributed by atoms with van der Waals surface area (Å²) < 4.78 is 6.06. The van der Waals surface area contributed by atoms with E-state index in [-0.39, 0.29) is 36.9 Å². The van der Waals surface area contributed by atoms with Gasteiger partial charge in [0.2, 0.25) is 5.91 Å². The molecule has 1 saturated carbocycles. The summed E-state index contributed by atoms with van der Waals surface area (Å²) in [5.41, 5.74) is 6.89. The maximum absolute atomic E-state index is 13.1. The van der Waals surface area contributed by atoms with Crippen LogP contribution in [0.25, 0.3) is 11.3 Å². The van der Waals surface area contributed by atoms with Crippen molar-refractivity contribution in [2.75, 3.05) is 13.2 Å². The Bertz CT molecular complexity index is 1120. The highest BCUT2D eigenvalue weighted by atomic mass is 16.3. The third kappa shape index (κ3) is 6.03. The topological polar surface area (TPSA) is 163 Å². The molecule has 6 N–H and O–H groups in total. The van der Waals surface area contributed by atoms with Crippen molar-refractivity contribution in [3.05, 3.63) is 41.2 Å². The van der Waals surface area contributed by atoms with Crippen molar-refractivity contribution in [1.29, 1.82) is 0 Å². The van der Waals surface area contributed by atoms with Crippen LogP contribution in [0.2, 0.25) is 0 Å². The van der Waals surface area contributed by atoms with Gasteiger partial charge in [-0.2, -0.15) is 0 Å². The summed E-state index contributed by atoms with van der Waals surface area (Å²) in [6, 6.07) is 7.57. The highest BCUT2D eigenvalue weighted by Crippen LogP contribution is 2.41. The van der Waals surface area contributed by atoms with Crippen LogP contribution in [0.1, 0.15) is 60.2 Å². The maximum atomic E-state index is 13.1. The summed E-state index contributed by atoms with van der Waals surface area (Å²) >= 11 is 0. The van der Waals surface area contributed by atoms with Crippen molar-refractivity contribution in [3.63, 3.8) is 0 Å². The third-order valence-electron chi connectivity index (χ3n) is 7.27. The van der Waals surface area contributed by atoms with Gasteiger partial charge in [0.25, 0.3) is 0 Å². The Labute approximate surface area is 209 Å². The molecule has 2 aliphatic carbocycles. The molecule has 194 valence electrons. The van der Waals surface area contributed by atoms with E-state index in [0.29, 0.717) is 42.3 Å². The van der Waals surface area contributed by atoms with E-state index in [1.54, 1.807) is 6.07 Å². The number of primary amides is 1. The Morgan fingerprint density at radius 2 is 1.92 bits per heavy atom. The van der Waals surface area contributed by atoms with E-state index in [4.69, 9.17) is 10.2 Å². The number of aliphatic hydroxyl groups excluding tert-OH is 2. The first-order chi connectivity index (χ1) is 17.3. The fourth-order valence-electron chi connectivity index (χ4n) is 5.33. The summed E-state index contributed by atoms with van der Waals surface area (Å²) in [7, 11) is 0. The molecule has 1 heterocycles. The number of aromatic hydroxyl groups is 1. The Morgan fingerprint density at radius 3 is 2.58 bits per heavy atom. The maximum Gasteiger partial charge on any atom is 0.224 e. The molecule has 0 spiro atoms. The zero-order valence-corrected chi connectivity index (χ0v) is 20.2. The number of nitrogens with two attached hydrogens (primary N) is 1. The average Bonchev–Trinajstić information content (AvgIpc) is 3.53. The molecule has 1 amide bonds. The Kier molecular flexibility index (Phi) is 8.23. The molecule has 0 aliphatic heterocycles. The van der Waals surface area contributed by atoms with Gasteiger partial charge in [-0.3, -0.25) is 14.4 Å². The van der Waals surface area contributed by atoms with Crippen LogP contribution in [-0.2, 0) is 22.6 Å². The molecule has 2 aliphatic rings.